The maximum absolute atomic E-state index is 12.7. The number of nitrogens with one attached hydrogen (secondary N) is 2. The van der Waals surface area contributed by atoms with Crippen molar-refractivity contribution >= 4 is 38.9 Å². The van der Waals surface area contributed by atoms with Gasteiger partial charge in [-0.15, -0.1) is 0 Å². The molecule has 1 amide bonds. The quantitative estimate of drug-likeness (QED) is 0.506. The summed E-state index contributed by atoms with van der Waals surface area (Å²) in [7, 11) is -3.74. The largest absolute Gasteiger partial charge is 0.478 e. The van der Waals surface area contributed by atoms with Gasteiger partial charge >= 0.3 is 0 Å². The van der Waals surface area contributed by atoms with E-state index in [1.54, 1.807) is 50.2 Å². The van der Waals surface area contributed by atoms with Crippen molar-refractivity contribution in [3.63, 3.8) is 0 Å². The lowest BCUT2D eigenvalue weighted by Crippen LogP contribution is -2.42. The minimum absolute atomic E-state index is 0.0859. The number of carbonyl (C=O) groups is 1. The van der Waals surface area contributed by atoms with Crippen LogP contribution < -0.4 is 14.8 Å². The van der Waals surface area contributed by atoms with Gasteiger partial charge in [-0.05, 0) is 81.4 Å². The van der Waals surface area contributed by atoms with E-state index in [2.05, 4.69) is 10.0 Å². The van der Waals surface area contributed by atoms with Gasteiger partial charge in [-0.3, -0.25) is 9.52 Å². The third kappa shape index (κ3) is 5.99. The Morgan fingerprint density at radius 2 is 1.42 bits per heavy atom. The van der Waals surface area contributed by atoms with Gasteiger partial charge < -0.3 is 10.1 Å². The number of aryl methyl sites for hydroxylation is 1. The van der Waals surface area contributed by atoms with Crippen LogP contribution in [-0.2, 0) is 14.8 Å². The average Bonchev–Trinajstić information content (AvgIpc) is 2.71. The van der Waals surface area contributed by atoms with Crippen molar-refractivity contribution in [1.29, 1.82) is 0 Å². The van der Waals surface area contributed by atoms with Gasteiger partial charge in [0, 0.05) is 16.4 Å². The number of rotatable bonds is 7. The molecule has 6 nitrogen and oxygen atoms in total. The van der Waals surface area contributed by atoms with Crippen molar-refractivity contribution in [2.45, 2.75) is 31.3 Å². The fourth-order valence-corrected chi connectivity index (χ4v) is 3.86. The molecule has 8 heteroatoms. The van der Waals surface area contributed by atoms with Crippen molar-refractivity contribution in [2.75, 3.05) is 10.0 Å². The second kappa shape index (κ2) is 8.99. The van der Waals surface area contributed by atoms with Crippen LogP contribution in [0.4, 0.5) is 11.4 Å². The highest BCUT2D eigenvalue weighted by molar-refractivity contribution is 7.92. The van der Waals surface area contributed by atoms with Crippen LogP contribution in [0.2, 0.25) is 5.02 Å². The fraction of sp³-hybridized carbons (Fsp3) is 0.174. The molecule has 2 N–H and O–H groups in total. The smallest absolute Gasteiger partial charge is 0.267 e. The molecular formula is C23H23ClN2O4S. The molecule has 162 valence electrons. The summed E-state index contributed by atoms with van der Waals surface area (Å²) in [6, 6.07) is 19.7. The van der Waals surface area contributed by atoms with E-state index in [-0.39, 0.29) is 10.8 Å². The minimum Gasteiger partial charge on any atom is -0.478 e. The molecule has 3 aromatic carbocycles. The molecule has 0 radical (unpaired) electrons. The highest BCUT2D eigenvalue weighted by Crippen LogP contribution is 2.23. The molecular weight excluding hydrogens is 436 g/mol. The number of amides is 1. The molecule has 0 heterocycles. The number of hydrogen-bond acceptors (Lipinski definition) is 4. The van der Waals surface area contributed by atoms with Gasteiger partial charge in [0.1, 0.15) is 5.75 Å². The third-order valence-electron chi connectivity index (χ3n) is 4.46. The molecule has 3 rings (SSSR count). The Kier molecular flexibility index (Phi) is 6.57. The Balaban J connectivity index is 1.67. The molecule has 0 aliphatic rings. The van der Waals surface area contributed by atoms with E-state index < -0.39 is 15.6 Å². The summed E-state index contributed by atoms with van der Waals surface area (Å²) in [4.78, 5) is 12.7. The van der Waals surface area contributed by atoms with E-state index in [9.17, 15) is 13.2 Å². The van der Waals surface area contributed by atoms with Crippen LogP contribution in [0.25, 0.3) is 0 Å². The van der Waals surface area contributed by atoms with Crippen LogP contribution in [0.3, 0.4) is 0 Å². The van der Waals surface area contributed by atoms with Gasteiger partial charge in [-0.2, -0.15) is 0 Å². The van der Waals surface area contributed by atoms with Crippen molar-refractivity contribution in [1.82, 2.24) is 0 Å². The first-order chi connectivity index (χ1) is 14.5. The van der Waals surface area contributed by atoms with Crippen molar-refractivity contribution in [3.8, 4) is 5.75 Å². The molecule has 0 spiro atoms. The number of hydrogen-bond donors (Lipinski definition) is 2. The summed E-state index contributed by atoms with van der Waals surface area (Å²) < 4.78 is 33.5. The van der Waals surface area contributed by atoms with E-state index in [0.717, 1.165) is 5.56 Å². The van der Waals surface area contributed by atoms with Gasteiger partial charge in [0.2, 0.25) is 0 Å². The zero-order valence-corrected chi connectivity index (χ0v) is 18.9. The van der Waals surface area contributed by atoms with Crippen LogP contribution >= 0.6 is 11.6 Å². The first kappa shape index (κ1) is 22.7. The average molecular weight is 459 g/mol. The van der Waals surface area contributed by atoms with E-state index in [1.165, 1.54) is 24.3 Å². The Morgan fingerprint density at radius 1 is 0.871 bits per heavy atom. The van der Waals surface area contributed by atoms with Crippen LogP contribution in [0.1, 0.15) is 19.4 Å². The molecule has 3 aromatic rings. The molecule has 31 heavy (non-hydrogen) atoms. The predicted octanol–water partition coefficient (Wildman–Crippen LogP) is 5.25. The van der Waals surface area contributed by atoms with Crippen molar-refractivity contribution < 1.29 is 17.9 Å². The van der Waals surface area contributed by atoms with Gasteiger partial charge in [0.15, 0.2) is 5.60 Å². The highest BCUT2D eigenvalue weighted by atomic mass is 35.5. The second-order valence-corrected chi connectivity index (χ2v) is 9.64. The van der Waals surface area contributed by atoms with Crippen molar-refractivity contribution in [2.24, 2.45) is 0 Å². The molecule has 0 aromatic heterocycles. The summed E-state index contributed by atoms with van der Waals surface area (Å²) in [6.07, 6.45) is 0. The Labute approximate surface area is 187 Å². The van der Waals surface area contributed by atoms with Crippen LogP contribution in [0.5, 0.6) is 5.75 Å². The number of halogens is 1. The lowest BCUT2D eigenvalue weighted by Gasteiger charge is -2.25. The number of ether oxygens (including phenoxy) is 1. The first-order valence-corrected chi connectivity index (χ1v) is 11.4. The zero-order valence-electron chi connectivity index (χ0n) is 17.3. The maximum atomic E-state index is 12.7. The number of carbonyl (C=O) groups excluding carboxylic acids is 1. The molecule has 0 saturated carbocycles. The topological polar surface area (TPSA) is 84.5 Å². The van der Waals surface area contributed by atoms with Crippen LogP contribution in [0.15, 0.2) is 77.7 Å². The highest BCUT2D eigenvalue weighted by Gasteiger charge is 2.30. The fourth-order valence-electron chi connectivity index (χ4n) is 2.68. The molecule has 0 saturated heterocycles. The standard InChI is InChI=1S/C23H23ClN2O4S/c1-16-4-8-19(9-5-16)26-31(28,29)21-14-10-18(11-15-21)25-22(27)23(2,3)30-20-12-6-17(24)7-13-20/h4-15,26H,1-3H3,(H,25,27). The molecule has 0 fully saturated rings. The summed E-state index contributed by atoms with van der Waals surface area (Å²) in [5.41, 5.74) is 0.799. The van der Waals surface area contributed by atoms with Crippen LogP contribution in [-0.4, -0.2) is 19.9 Å². The lowest BCUT2D eigenvalue weighted by atomic mass is 10.1. The van der Waals surface area contributed by atoms with E-state index in [4.69, 9.17) is 16.3 Å². The molecule has 0 aliphatic carbocycles. The molecule has 0 unspecified atom stereocenters. The summed E-state index contributed by atoms with van der Waals surface area (Å²) in [6.45, 7) is 5.20. The zero-order chi connectivity index (χ0) is 22.6. The lowest BCUT2D eigenvalue weighted by molar-refractivity contribution is -0.128. The van der Waals surface area contributed by atoms with Crippen LogP contribution in [0, 0.1) is 6.92 Å². The normalized spacial score (nSPS) is 11.6. The Hall–Kier alpha value is -3.03. The first-order valence-electron chi connectivity index (χ1n) is 9.51. The number of anilines is 2. The van der Waals surface area contributed by atoms with Gasteiger partial charge in [0.05, 0.1) is 4.90 Å². The summed E-state index contributed by atoms with van der Waals surface area (Å²) >= 11 is 5.87. The second-order valence-electron chi connectivity index (χ2n) is 7.52. The van der Waals surface area contributed by atoms with E-state index in [0.29, 0.717) is 22.1 Å². The summed E-state index contributed by atoms with van der Waals surface area (Å²) in [5, 5.41) is 3.31. The predicted molar refractivity (Wildman–Crippen MR) is 123 cm³/mol. The number of sulfonamides is 1. The molecule has 0 bridgehead atoms. The van der Waals surface area contributed by atoms with Gasteiger partial charge in [-0.25, -0.2) is 8.42 Å². The minimum atomic E-state index is -3.74. The van der Waals surface area contributed by atoms with E-state index >= 15 is 0 Å². The Morgan fingerprint density at radius 3 is 2.00 bits per heavy atom. The van der Waals surface area contributed by atoms with Gasteiger partial charge in [-0.1, -0.05) is 29.3 Å². The van der Waals surface area contributed by atoms with Crippen molar-refractivity contribution in [3.05, 3.63) is 83.4 Å². The number of benzene rings is 3. The molecule has 0 aliphatic heterocycles. The third-order valence-corrected chi connectivity index (χ3v) is 6.11. The van der Waals surface area contributed by atoms with Gasteiger partial charge in [0.25, 0.3) is 15.9 Å². The molecule has 0 atom stereocenters. The maximum Gasteiger partial charge on any atom is 0.267 e. The SMILES string of the molecule is Cc1ccc(NS(=O)(=O)c2ccc(NC(=O)C(C)(C)Oc3ccc(Cl)cc3)cc2)cc1. The monoisotopic (exact) mass is 458 g/mol. The summed E-state index contributed by atoms with van der Waals surface area (Å²) in [5.74, 6) is 0.129. The Bertz CT molecular complexity index is 1160. The van der Waals surface area contributed by atoms with E-state index in [1.807, 2.05) is 19.1 Å².